The van der Waals surface area contributed by atoms with Gasteiger partial charge in [-0.1, -0.05) is 12.1 Å². The summed E-state index contributed by atoms with van der Waals surface area (Å²) >= 11 is 0. The number of halogens is 2. The molecule has 0 aliphatic rings. The molecule has 2 aromatic carbocycles. The van der Waals surface area contributed by atoms with Crippen LogP contribution in [0.5, 0.6) is 5.75 Å². The van der Waals surface area contributed by atoms with E-state index in [1.54, 1.807) is 0 Å². The van der Waals surface area contributed by atoms with Crippen LogP contribution in [0.25, 0.3) is 0 Å². The molecule has 0 radical (unpaired) electrons. The lowest BCUT2D eigenvalue weighted by Gasteiger charge is -2.10. The largest absolute Gasteiger partial charge is 0.507 e. The Morgan fingerprint density at radius 3 is 2.30 bits per heavy atom. The zero-order valence-corrected chi connectivity index (χ0v) is 11.5. The van der Waals surface area contributed by atoms with Gasteiger partial charge in [-0.25, -0.2) is 8.78 Å². The summed E-state index contributed by atoms with van der Waals surface area (Å²) in [7, 11) is 0. The van der Waals surface area contributed by atoms with E-state index in [1.165, 1.54) is 6.07 Å². The lowest BCUT2D eigenvalue weighted by molar-refractivity contribution is 0.466. The average Bonchev–Trinajstić information content (AvgIpc) is 2.40. The molecule has 0 aliphatic heterocycles. The summed E-state index contributed by atoms with van der Waals surface area (Å²) in [5.41, 5.74) is 2.91. The van der Waals surface area contributed by atoms with E-state index in [0.29, 0.717) is 17.9 Å². The minimum absolute atomic E-state index is 0.253. The van der Waals surface area contributed by atoms with Crippen molar-refractivity contribution < 1.29 is 13.9 Å². The van der Waals surface area contributed by atoms with Gasteiger partial charge in [0.2, 0.25) is 0 Å². The summed E-state index contributed by atoms with van der Waals surface area (Å²) in [5, 5.41) is 12.8. The number of phenolic OH excluding ortho intramolecular Hbond substituents is 1. The second-order valence-corrected chi connectivity index (χ2v) is 4.92. The Balaban J connectivity index is 2.01. The van der Waals surface area contributed by atoms with Gasteiger partial charge in [-0.2, -0.15) is 0 Å². The number of hydrogen-bond donors (Lipinski definition) is 2. The molecule has 20 heavy (non-hydrogen) atoms. The molecule has 0 saturated carbocycles. The molecule has 2 aromatic rings. The molecule has 0 bridgehead atoms. The van der Waals surface area contributed by atoms with Gasteiger partial charge in [0.15, 0.2) is 0 Å². The Morgan fingerprint density at radius 2 is 1.65 bits per heavy atom. The highest BCUT2D eigenvalue weighted by Gasteiger charge is 2.05. The lowest BCUT2D eigenvalue weighted by atomic mass is 10.1. The maximum absolute atomic E-state index is 13.4. The molecule has 0 aliphatic carbocycles. The summed E-state index contributed by atoms with van der Waals surface area (Å²) in [5.74, 6) is -0.568. The van der Waals surface area contributed by atoms with Crippen molar-refractivity contribution >= 4 is 0 Å². The molecule has 0 spiro atoms. The molecule has 2 N–H and O–H groups in total. The van der Waals surface area contributed by atoms with E-state index in [-0.39, 0.29) is 6.54 Å². The fraction of sp³-hybridized carbons (Fsp3) is 0.250. The number of phenols is 1. The minimum atomic E-state index is -0.445. The van der Waals surface area contributed by atoms with Crippen molar-refractivity contribution in [3.63, 3.8) is 0 Å². The topological polar surface area (TPSA) is 32.3 Å². The predicted molar refractivity (Wildman–Crippen MR) is 74.5 cm³/mol. The van der Waals surface area contributed by atoms with Crippen LogP contribution in [-0.2, 0) is 13.1 Å². The van der Waals surface area contributed by atoms with Gasteiger partial charge in [0.25, 0.3) is 0 Å². The van der Waals surface area contributed by atoms with Gasteiger partial charge in [-0.05, 0) is 48.7 Å². The van der Waals surface area contributed by atoms with Crippen LogP contribution in [0, 0.1) is 25.5 Å². The third-order valence-corrected chi connectivity index (χ3v) is 3.20. The van der Waals surface area contributed by atoms with Crippen LogP contribution < -0.4 is 5.32 Å². The zero-order valence-electron chi connectivity index (χ0n) is 11.5. The molecule has 0 heterocycles. The standard InChI is InChI=1S/C16H17F2NO/c1-10-5-12(6-11(2)16(10)20)8-19-9-13-7-14(17)3-4-15(13)18/h3-7,19-20H,8-9H2,1-2H3. The van der Waals surface area contributed by atoms with E-state index < -0.39 is 11.6 Å². The molecule has 0 aromatic heterocycles. The van der Waals surface area contributed by atoms with E-state index in [9.17, 15) is 13.9 Å². The molecular formula is C16H17F2NO. The maximum Gasteiger partial charge on any atom is 0.127 e. The van der Waals surface area contributed by atoms with Gasteiger partial charge >= 0.3 is 0 Å². The van der Waals surface area contributed by atoms with Crippen molar-refractivity contribution in [2.45, 2.75) is 26.9 Å². The van der Waals surface area contributed by atoms with Crippen LogP contribution in [0.1, 0.15) is 22.3 Å². The van der Waals surface area contributed by atoms with Crippen molar-refractivity contribution in [2.75, 3.05) is 0 Å². The van der Waals surface area contributed by atoms with E-state index in [2.05, 4.69) is 5.32 Å². The molecule has 0 fully saturated rings. The van der Waals surface area contributed by atoms with Gasteiger partial charge < -0.3 is 10.4 Å². The zero-order chi connectivity index (χ0) is 14.7. The number of hydrogen-bond acceptors (Lipinski definition) is 2. The van der Waals surface area contributed by atoms with Crippen molar-refractivity contribution in [1.29, 1.82) is 0 Å². The molecule has 2 nitrogen and oxygen atoms in total. The maximum atomic E-state index is 13.4. The summed E-state index contributed by atoms with van der Waals surface area (Å²) < 4.78 is 26.5. The highest BCUT2D eigenvalue weighted by molar-refractivity contribution is 5.42. The van der Waals surface area contributed by atoms with E-state index in [4.69, 9.17) is 0 Å². The van der Waals surface area contributed by atoms with Gasteiger partial charge in [0.1, 0.15) is 17.4 Å². The fourth-order valence-electron chi connectivity index (χ4n) is 2.17. The molecule has 2 rings (SSSR count). The van der Waals surface area contributed by atoms with Crippen LogP contribution in [0.4, 0.5) is 8.78 Å². The van der Waals surface area contributed by atoms with Gasteiger partial charge in [0, 0.05) is 18.7 Å². The normalized spacial score (nSPS) is 10.8. The summed E-state index contributed by atoms with van der Waals surface area (Å²) in [6.45, 7) is 4.44. The Hall–Kier alpha value is -1.94. The molecule has 4 heteroatoms. The molecule has 0 amide bonds. The van der Waals surface area contributed by atoms with E-state index >= 15 is 0 Å². The Bertz CT molecular complexity index is 603. The first-order valence-corrected chi connectivity index (χ1v) is 6.41. The van der Waals surface area contributed by atoms with Crippen molar-refractivity contribution in [3.8, 4) is 5.75 Å². The first kappa shape index (κ1) is 14.5. The highest BCUT2D eigenvalue weighted by Crippen LogP contribution is 2.22. The first-order chi connectivity index (χ1) is 9.47. The van der Waals surface area contributed by atoms with E-state index in [0.717, 1.165) is 28.8 Å². The molecule has 0 saturated heterocycles. The average molecular weight is 277 g/mol. The van der Waals surface area contributed by atoms with Crippen LogP contribution >= 0.6 is 0 Å². The number of aryl methyl sites for hydroxylation is 2. The first-order valence-electron chi connectivity index (χ1n) is 6.41. The van der Waals surface area contributed by atoms with Crippen molar-refractivity contribution in [1.82, 2.24) is 5.32 Å². The van der Waals surface area contributed by atoms with E-state index in [1.807, 2.05) is 26.0 Å². The number of benzene rings is 2. The Kier molecular flexibility index (Phi) is 4.35. The second-order valence-electron chi connectivity index (χ2n) is 4.92. The third-order valence-electron chi connectivity index (χ3n) is 3.20. The molecule has 0 atom stereocenters. The highest BCUT2D eigenvalue weighted by atomic mass is 19.1. The summed E-state index contributed by atoms with van der Waals surface area (Å²) in [6, 6.07) is 7.16. The number of aromatic hydroxyl groups is 1. The molecule has 106 valence electrons. The third kappa shape index (κ3) is 3.33. The van der Waals surface area contributed by atoms with Crippen LogP contribution in [-0.4, -0.2) is 5.11 Å². The quantitative estimate of drug-likeness (QED) is 0.895. The predicted octanol–water partition coefficient (Wildman–Crippen LogP) is 3.58. The molecule has 0 unspecified atom stereocenters. The molecular weight excluding hydrogens is 260 g/mol. The SMILES string of the molecule is Cc1cc(CNCc2cc(F)ccc2F)cc(C)c1O. The fourth-order valence-corrected chi connectivity index (χ4v) is 2.17. The summed E-state index contributed by atoms with van der Waals surface area (Å²) in [4.78, 5) is 0. The van der Waals surface area contributed by atoms with Crippen molar-refractivity contribution in [3.05, 3.63) is 64.2 Å². The van der Waals surface area contributed by atoms with Gasteiger partial charge in [-0.15, -0.1) is 0 Å². The van der Waals surface area contributed by atoms with Crippen molar-refractivity contribution in [2.24, 2.45) is 0 Å². The second kappa shape index (κ2) is 6.01. The minimum Gasteiger partial charge on any atom is -0.507 e. The smallest absolute Gasteiger partial charge is 0.127 e. The van der Waals surface area contributed by atoms with Gasteiger partial charge in [-0.3, -0.25) is 0 Å². The van der Waals surface area contributed by atoms with Gasteiger partial charge in [0.05, 0.1) is 0 Å². The number of nitrogens with one attached hydrogen (secondary N) is 1. The van der Waals surface area contributed by atoms with Crippen LogP contribution in [0.15, 0.2) is 30.3 Å². The monoisotopic (exact) mass is 277 g/mol. The lowest BCUT2D eigenvalue weighted by Crippen LogP contribution is -2.14. The van der Waals surface area contributed by atoms with Crippen LogP contribution in [0.3, 0.4) is 0 Å². The summed E-state index contributed by atoms with van der Waals surface area (Å²) in [6.07, 6.45) is 0. The Morgan fingerprint density at radius 1 is 1.00 bits per heavy atom. The number of rotatable bonds is 4. The van der Waals surface area contributed by atoms with Crippen LogP contribution in [0.2, 0.25) is 0 Å². The Labute approximate surface area is 117 Å².